The average Bonchev–Trinajstić information content (AvgIpc) is 2.16. The molecular formula is C10H15NO. The molecule has 1 aromatic carbocycles. The smallest absolute Gasteiger partial charge is 0.104 e. The third kappa shape index (κ3) is 3.03. The maximum absolute atomic E-state index is 9.21. The Hall–Kier alpha value is -0.860. The molecule has 0 spiro atoms. The monoisotopic (exact) mass is 165 g/mol. The summed E-state index contributed by atoms with van der Waals surface area (Å²) in [5.41, 5.74) is 1.20. The van der Waals surface area contributed by atoms with E-state index in [9.17, 15) is 5.11 Å². The second-order valence-electron chi connectivity index (χ2n) is 2.79. The lowest BCUT2D eigenvalue weighted by Crippen LogP contribution is -2.27. The summed E-state index contributed by atoms with van der Waals surface area (Å²) < 4.78 is 0. The molecule has 0 radical (unpaired) electrons. The fraction of sp³-hybridized carbons (Fsp3) is 0.400. The van der Waals surface area contributed by atoms with Gasteiger partial charge in [0.1, 0.15) is 6.23 Å². The van der Waals surface area contributed by atoms with Crippen LogP contribution in [0.3, 0.4) is 0 Å². The van der Waals surface area contributed by atoms with Crippen LogP contribution >= 0.6 is 0 Å². The van der Waals surface area contributed by atoms with Gasteiger partial charge in [0.25, 0.3) is 0 Å². The zero-order chi connectivity index (χ0) is 8.81. The molecule has 0 aliphatic carbocycles. The van der Waals surface area contributed by atoms with E-state index in [4.69, 9.17) is 0 Å². The zero-order valence-corrected chi connectivity index (χ0v) is 7.33. The summed E-state index contributed by atoms with van der Waals surface area (Å²) in [7, 11) is 0. The van der Waals surface area contributed by atoms with E-state index in [1.165, 1.54) is 5.56 Å². The van der Waals surface area contributed by atoms with Gasteiger partial charge in [-0.2, -0.15) is 0 Å². The molecular weight excluding hydrogens is 150 g/mol. The highest BCUT2D eigenvalue weighted by Crippen LogP contribution is 1.98. The van der Waals surface area contributed by atoms with Crippen LogP contribution in [0.4, 0.5) is 0 Å². The van der Waals surface area contributed by atoms with Gasteiger partial charge in [-0.05, 0) is 12.0 Å². The summed E-state index contributed by atoms with van der Waals surface area (Å²) >= 11 is 0. The minimum absolute atomic E-state index is 0.384. The number of hydrogen-bond acceptors (Lipinski definition) is 2. The lowest BCUT2D eigenvalue weighted by molar-refractivity contribution is 0.131. The van der Waals surface area contributed by atoms with E-state index < -0.39 is 0 Å². The van der Waals surface area contributed by atoms with Crippen molar-refractivity contribution in [3.05, 3.63) is 35.9 Å². The van der Waals surface area contributed by atoms with Gasteiger partial charge < -0.3 is 5.11 Å². The first-order chi connectivity index (χ1) is 5.83. The summed E-state index contributed by atoms with van der Waals surface area (Å²) in [5.74, 6) is 0. The molecule has 2 nitrogen and oxygen atoms in total. The van der Waals surface area contributed by atoms with Gasteiger partial charge in [0, 0.05) is 6.54 Å². The fourth-order valence-electron chi connectivity index (χ4n) is 0.976. The maximum atomic E-state index is 9.21. The van der Waals surface area contributed by atoms with E-state index in [1.807, 2.05) is 37.3 Å². The molecule has 2 heteroatoms. The van der Waals surface area contributed by atoms with Gasteiger partial charge in [0.05, 0.1) is 0 Å². The first-order valence-electron chi connectivity index (χ1n) is 4.28. The molecule has 1 rings (SSSR count). The highest BCUT2D eigenvalue weighted by molar-refractivity contribution is 5.14. The van der Waals surface area contributed by atoms with Crippen LogP contribution in [0.25, 0.3) is 0 Å². The van der Waals surface area contributed by atoms with E-state index >= 15 is 0 Å². The molecule has 0 aliphatic heterocycles. The molecule has 0 saturated heterocycles. The van der Waals surface area contributed by atoms with Crippen molar-refractivity contribution in [3.8, 4) is 0 Å². The number of aliphatic hydroxyl groups excluding tert-OH is 1. The van der Waals surface area contributed by atoms with Crippen LogP contribution < -0.4 is 5.32 Å². The molecule has 66 valence electrons. The Bertz CT molecular complexity index is 210. The predicted molar refractivity (Wildman–Crippen MR) is 49.6 cm³/mol. The molecule has 1 atom stereocenters. The summed E-state index contributed by atoms with van der Waals surface area (Å²) in [6, 6.07) is 10.1. The Kier molecular flexibility index (Phi) is 3.77. The summed E-state index contributed by atoms with van der Waals surface area (Å²) in [6.45, 7) is 2.68. The summed E-state index contributed by atoms with van der Waals surface area (Å²) in [4.78, 5) is 0. The molecule has 0 bridgehead atoms. The van der Waals surface area contributed by atoms with E-state index in [1.54, 1.807) is 0 Å². The van der Waals surface area contributed by atoms with Crippen molar-refractivity contribution >= 4 is 0 Å². The van der Waals surface area contributed by atoms with Gasteiger partial charge in [-0.1, -0.05) is 37.3 Å². The maximum Gasteiger partial charge on any atom is 0.104 e. The lowest BCUT2D eigenvalue weighted by Gasteiger charge is -2.09. The van der Waals surface area contributed by atoms with Gasteiger partial charge >= 0.3 is 0 Å². The summed E-state index contributed by atoms with van der Waals surface area (Å²) in [6.07, 6.45) is 0.359. The third-order valence-corrected chi connectivity index (χ3v) is 1.77. The largest absolute Gasteiger partial charge is 0.379 e. The molecule has 0 unspecified atom stereocenters. The van der Waals surface area contributed by atoms with Crippen molar-refractivity contribution in [1.82, 2.24) is 5.32 Å². The number of hydrogen-bond donors (Lipinski definition) is 2. The average molecular weight is 165 g/mol. The predicted octanol–water partition coefficient (Wildman–Crippen LogP) is 1.50. The van der Waals surface area contributed by atoms with Gasteiger partial charge in [-0.15, -0.1) is 0 Å². The topological polar surface area (TPSA) is 32.3 Å². The Balaban J connectivity index is 2.33. The molecule has 0 saturated carbocycles. The van der Waals surface area contributed by atoms with Crippen LogP contribution in [0.2, 0.25) is 0 Å². The number of aliphatic hydroxyl groups is 1. The van der Waals surface area contributed by atoms with Crippen molar-refractivity contribution in [3.63, 3.8) is 0 Å². The van der Waals surface area contributed by atoms with Crippen molar-refractivity contribution in [2.75, 3.05) is 0 Å². The van der Waals surface area contributed by atoms with Crippen molar-refractivity contribution in [1.29, 1.82) is 0 Å². The van der Waals surface area contributed by atoms with E-state index in [0.29, 0.717) is 0 Å². The van der Waals surface area contributed by atoms with Crippen LogP contribution in [0.5, 0.6) is 0 Å². The first kappa shape index (κ1) is 9.23. The minimum atomic E-state index is -0.384. The number of benzene rings is 1. The number of rotatable bonds is 4. The summed E-state index contributed by atoms with van der Waals surface area (Å²) in [5, 5.41) is 12.2. The van der Waals surface area contributed by atoms with Crippen LogP contribution in [0.15, 0.2) is 30.3 Å². The van der Waals surface area contributed by atoms with Crippen molar-refractivity contribution in [2.24, 2.45) is 0 Å². The SMILES string of the molecule is CC[C@H](O)NCc1ccccc1. The lowest BCUT2D eigenvalue weighted by atomic mass is 10.2. The van der Waals surface area contributed by atoms with Crippen molar-refractivity contribution in [2.45, 2.75) is 26.1 Å². The molecule has 2 N–H and O–H groups in total. The Morgan fingerprint density at radius 1 is 1.33 bits per heavy atom. The van der Waals surface area contributed by atoms with Crippen molar-refractivity contribution < 1.29 is 5.11 Å². The van der Waals surface area contributed by atoms with Gasteiger partial charge in [0.2, 0.25) is 0 Å². The molecule has 1 aromatic rings. The molecule has 0 aliphatic rings. The molecule has 0 aromatic heterocycles. The van der Waals surface area contributed by atoms with Crippen LogP contribution in [0.1, 0.15) is 18.9 Å². The number of nitrogens with one attached hydrogen (secondary N) is 1. The van der Waals surface area contributed by atoms with Crippen LogP contribution in [-0.4, -0.2) is 11.3 Å². The van der Waals surface area contributed by atoms with Gasteiger partial charge in [-0.3, -0.25) is 5.32 Å². The van der Waals surface area contributed by atoms with Crippen LogP contribution in [-0.2, 0) is 6.54 Å². The zero-order valence-electron chi connectivity index (χ0n) is 7.33. The Labute approximate surface area is 73.2 Å². The quantitative estimate of drug-likeness (QED) is 0.663. The van der Waals surface area contributed by atoms with Crippen LogP contribution in [0, 0.1) is 0 Å². The van der Waals surface area contributed by atoms with E-state index in [2.05, 4.69) is 5.32 Å². The second-order valence-corrected chi connectivity index (χ2v) is 2.79. The fourth-order valence-corrected chi connectivity index (χ4v) is 0.976. The normalized spacial score (nSPS) is 12.8. The highest BCUT2D eigenvalue weighted by atomic mass is 16.3. The standard InChI is InChI=1S/C10H15NO/c1-2-10(12)11-8-9-6-4-3-5-7-9/h3-7,10-12H,2,8H2,1H3/t10-/m0/s1. The first-order valence-corrected chi connectivity index (χ1v) is 4.28. The van der Waals surface area contributed by atoms with E-state index in [-0.39, 0.29) is 6.23 Å². The van der Waals surface area contributed by atoms with Gasteiger partial charge in [-0.25, -0.2) is 0 Å². The minimum Gasteiger partial charge on any atom is -0.379 e. The third-order valence-electron chi connectivity index (χ3n) is 1.77. The van der Waals surface area contributed by atoms with E-state index in [0.717, 1.165) is 13.0 Å². The highest BCUT2D eigenvalue weighted by Gasteiger charge is 1.97. The molecule has 0 fully saturated rings. The molecule has 0 amide bonds. The Morgan fingerprint density at radius 3 is 2.58 bits per heavy atom. The van der Waals surface area contributed by atoms with Gasteiger partial charge in [0.15, 0.2) is 0 Å². The second kappa shape index (κ2) is 4.91. The Morgan fingerprint density at radius 2 is 2.00 bits per heavy atom. The molecule has 12 heavy (non-hydrogen) atoms. The molecule has 0 heterocycles.